The van der Waals surface area contributed by atoms with Gasteiger partial charge in [0.05, 0.1) is 18.1 Å². The molecule has 5 heteroatoms. The highest BCUT2D eigenvalue weighted by Crippen LogP contribution is 2.37. The number of hydrogen-bond donors (Lipinski definition) is 0. The van der Waals surface area contributed by atoms with Gasteiger partial charge in [0, 0.05) is 7.11 Å². The molecule has 0 aliphatic heterocycles. The second-order valence-electron chi connectivity index (χ2n) is 5.09. The van der Waals surface area contributed by atoms with Crippen molar-refractivity contribution in [2.45, 2.75) is 51.5 Å². The summed E-state index contributed by atoms with van der Waals surface area (Å²) in [6, 6.07) is 6.59. The van der Waals surface area contributed by atoms with Gasteiger partial charge in [-0.25, -0.2) is 0 Å². The van der Waals surface area contributed by atoms with Gasteiger partial charge in [-0.3, -0.25) is 0 Å². The zero-order valence-electron chi connectivity index (χ0n) is 12.3. The van der Waals surface area contributed by atoms with Gasteiger partial charge in [0.2, 0.25) is 0 Å². The molecule has 0 bridgehead atoms. The molecule has 0 radical (unpaired) electrons. The molecule has 2 unspecified atom stereocenters. The van der Waals surface area contributed by atoms with Crippen LogP contribution in [-0.4, -0.2) is 19.4 Å². The summed E-state index contributed by atoms with van der Waals surface area (Å²) in [5, 5.41) is 0. The van der Waals surface area contributed by atoms with Gasteiger partial charge in [-0.15, -0.1) is 0 Å². The van der Waals surface area contributed by atoms with E-state index < -0.39 is 18.2 Å². The molecule has 0 N–H and O–H groups in total. The number of methoxy groups -OCH3 is 1. The molecule has 0 saturated carbocycles. The molecule has 0 heterocycles. The lowest BCUT2D eigenvalue weighted by atomic mass is 9.92. The van der Waals surface area contributed by atoms with Crippen LogP contribution in [0.3, 0.4) is 0 Å². The maximum Gasteiger partial charge on any atom is 0.392 e. The minimum Gasteiger partial charge on any atom is -0.491 e. The second kappa shape index (κ2) is 6.48. The van der Waals surface area contributed by atoms with Crippen molar-refractivity contribution in [3.63, 3.8) is 0 Å². The first-order valence-corrected chi connectivity index (χ1v) is 6.59. The molecule has 0 spiro atoms. The summed E-state index contributed by atoms with van der Waals surface area (Å²) in [5.74, 6) is 0.647. The molecule has 2 nitrogen and oxygen atoms in total. The molecule has 20 heavy (non-hydrogen) atoms. The van der Waals surface area contributed by atoms with Crippen molar-refractivity contribution >= 4 is 0 Å². The molecule has 2 atom stereocenters. The van der Waals surface area contributed by atoms with Crippen LogP contribution in [0.1, 0.15) is 39.2 Å². The molecule has 114 valence electrons. The number of benzene rings is 1. The molecule has 1 rings (SSSR count). The molecule has 0 saturated heterocycles. The van der Waals surface area contributed by atoms with Crippen molar-refractivity contribution in [2.75, 3.05) is 7.11 Å². The minimum absolute atomic E-state index is 0.0739. The maximum absolute atomic E-state index is 12.6. The van der Waals surface area contributed by atoms with Crippen LogP contribution in [0.2, 0.25) is 0 Å². The molecule has 0 fully saturated rings. The third kappa shape index (κ3) is 4.71. The lowest BCUT2D eigenvalue weighted by Gasteiger charge is -2.29. The fraction of sp³-hybridized carbons (Fsp3) is 0.600. The summed E-state index contributed by atoms with van der Waals surface area (Å²) < 4.78 is 48.5. The summed E-state index contributed by atoms with van der Waals surface area (Å²) in [5.41, 5.74) is -0.901. The standard InChI is InChI=1S/C15H21F3O2/c1-5-11(2)20-13-8-6-12(7-9-13)14(3,19-4)10-15(16,17)18/h6-9,11H,5,10H2,1-4H3. The van der Waals surface area contributed by atoms with Crippen LogP contribution >= 0.6 is 0 Å². The van der Waals surface area contributed by atoms with Crippen molar-refractivity contribution in [2.24, 2.45) is 0 Å². The van der Waals surface area contributed by atoms with Crippen LogP contribution in [-0.2, 0) is 10.3 Å². The third-order valence-corrected chi connectivity index (χ3v) is 3.37. The highest BCUT2D eigenvalue weighted by atomic mass is 19.4. The number of ether oxygens (including phenoxy) is 2. The van der Waals surface area contributed by atoms with E-state index >= 15 is 0 Å². The van der Waals surface area contributed by atoms with E-state index in [1.807, 2.05) is 13.8 Å². The van der Waals surface area contributed by atoms with E-state index in [0.29, 0.717) is 11.3 Å². The quantitative estimate of drug-likeness (QED) is 0.757. The van der Waals surface area contributed by atoms with Crippen molar-refractivity contribution in [3.8, 4) is 5.75 Å². The Morgan fingerprint density at radius 3 is 2.10 bits per heavy atom. The highest BCUT2D eigenvalue weighted by Gasteiger charge is 2.40. The van der Waals surface area contributed by atoms with E-state index in [2.05, 4.69) is 0 Å². The summed E-state index contributed by atoms with van der Waals surface area (Å²) in [6.07, 6.45) is -4.37. The number of hydrogen-bond acceptors (Lipinski definition) is 2. The fourth-order valence-corrected chi connectivity index (χ4v) is 1.88. The average Bonchev–Trinajstić information content (AvgIpc) is 2.37. The van der Waals surface area contributed by atoms with Crippen LogP contribution < -0.4 is 4.74 Å². The molecule has 1 aromatic rings. The topological polar surface area (TPSA) is 18.5 Å². The molecule has 0 amide bonds. The van der Waals surface area contributed by atoms with Gasteiger partial charge in [-0.05, 0) is 38.0 Å². The van der Waals surface area contributed by atoms with Crippen molar-refractivity contribution in [1.82, 2.24) is 0 Å². The Labute approximate surface area is 117 Å². The van der Waals surface area contributed by atoms with E-state index in [0.717, 1.165) is 6.42 Å². The van der Waals surface area contributed by atoms with Crippen LogP contribution in [0.15, 0.2) is 24.3 Å². The third-order valence-electron chi connectivity index (χ3n) is 3.37. The number of halogens is 3. The number of alkyl halides is 3. The summed E-state index contributed by atoms with van der Waals surface area (Å²) in [6.45, 7) is 5.38. The van der Waals surface area contributed by atoms with E-state index in [1.54, 1.807) is 24.3 Å². The van der Waals surface area contributed by atoms with Crippen LogP contribution in [0.25, 0.3) is 0 Å². The Hall–Kier alpha value is -1.23. The Bertz CT molecular complexity index is 414. The second-order valence-corrected chi connectivity index (χ2v) is 5.09. The summed E-state index contributed by atoms with van der Waals surface area (Å²) >= 11 is 0. The van der Waals surface area contributed by atoms with Crippen molar-refractivity contribution in [3.05, 3.63) is 29.8 Å². The predicted molar refractivity (Wildman–Crippen MR) is 71.9 cm³/mol. The Morgan fingerprint density at radius 2 is 1.70 bits per heavy atom. The van der Waals surface area contributed by atoms with Gasteiger partial charge in [0.15, 0.2) is 0 Å². The zero-order chi connectivity index (χ0) is 15.4. The van der Waals surface area contributed by atoms with Crippen molar-refractivity contribution in [1.29, 1.82) is 0 Å². The van der Waals surface area contributed by atoms with Gasteiger partial charge in [0.1, 0.15) is 5.75 Å². The molecule has 0 aliphatic carbocycles. The van der Waals surface area contributed by atoms with Crippen LogP contribution in [0.4, 0.5) is 13.2 Å². The fourth-order valence-electron chi connectivity index (χ4n) is 1.88. The SMILES string of the molecule is CCC(C)Oc1ccc(C(C)(CC(F)(F)F)OC)cc1. The monoisotopic (exact) mass is 290 g/mol. The molecular weight excluding hydrogens is 269 g/mol. The van der Waals surface area contributed by atoms with E-state index in [4.69, 9.17) is 9.47 Å². The molecular formula is C15H21F3O2. The largest absolute Gasteiger partial charge is 0.491 e. The van der Waals surface area contributed by atoms with Crippen LogP contribution in [0.5, 0.6) is 5.75 Å². The Morgan fingerprint density at radius 1 is 1.15 bits per heavy atom. The number of rotatable bonds is 6. The smallest absolute Gasteiger partial charge is 0.392 e. The zero-order valence-corrected chi connectivity index (χ0v) is 12.3. The Kier molecular flexibility index (Phi) is 5.45. The first kappa shape index (κ1) is 16.8. The van der Waals surface area contributed by atoms with Gasteiger partial charge in [-0.2, -0.15) is 13.2 Å². The Balaban J connectivity index is 2.89. The van der Waals surface area contributed by atoms with Gasteiger partial charge in [0.25, 0.3) is 0 Å². The highest BCUT2D eigenvalue weighted by molar-refractivity contribution is 5.31. The van der Waals surface area contributed by atoms with Gasteiger partial charge in [-0.1, -0.05) is 19.1 Å². The lowest BCUT2D eigenvalue weighted by molar-refractivity contribution is -0.181. The summed E-state index contributed by atoms with van der Waals surface area (Å²) in [4.78, 5) is 0. The van der Waals surface area contributed by atoms with Gasteiger partial charge < -0.3 is 9.47 Å². The first-order chi connectivity index (χ1) is 9.20. The van der Waals surface area contributed by atoms with Crippen LogP contribution in [0, 0.1) is 0 Å². The normalized spacial score (nSPS) is 16.6. The molecule has 0 aromatic heterocycles. The minimum atomic E-state index is -4.28. The van der Waals surface area contributed by atoms with E-state index in [9.17, 15) is 13.2 Å². The first-order valence-electron chi connectivity index (χ1n) is 6.59. The van der Waals surface area contributed by atoms with Crippen molar-refractivity contribution < 1.29 is 22.6 Å². The summed E-state index contributed by atoms with van der Waals surface area (Å²) in [7, 11) is 1.29. The molecule has 0 aliphatic rings. The maximum atomic E-state index is 12.6. The van der Waals surface area contributed by atoms with Gasteiger partial charge >= 0.3 is 6.18 Å². The molecule has 1 aromatic carbocycles. The lowest BCUT2D eigenvalue weighted by Crippen LogP contribution is -2.31. The average molecular weight is 290 g/mol. The van der Waals surface area contributed by atoms with E-state index in [1.165, 1.54) is 14.0 Å². The predicted octanol–water partition coefficient (Wildman–Crippen LogP) is 4.68. The van der Waals surface area contributed by atoms with E-state index in [-0.39, 0.29) is 6.10 Å².